The highest BCUT2D eigenvalue weighted by molar-refractivity contribution is 7.99. The van der Waals surface area contributed by atoms with Gasteiger partial charge in [0.1, 0.15) is 12.4 Å². The molecule has 0 aliphatic rings. The first-order valence-electron chi connectivity index (χ1n) is 8.97. The Kier molecular flexibility index (Phi) is 7.06. The predicted molar refractivity (Wildman–Crippen MR) is 105 cm³/mol. The van der Waals surface area contributed by atoms with Gasteiger partial charge in [0, 0.05) is 12.3 Å². The number of aliphatic hydroxyl groups excluding tert-OH is 1. The van der Waals surface area contributed by atoms with Crippen molar-refractivity contribution in [2.45, 2.75) is 64.8 Å². The van der Waals surface area contributed by atoms with Gasteiger partial charge in [0.25, 0.3) is 0 Å². The highest BCUT2D eigenvalue weighted by Gasteiger charge is 2.16. The molecule has 26 heavy (non-hydrogen) atoms. The minimum atomic E-state index is -0.592. The largest absolute Gasteiger partial charge is 0.491 e. The monoisotopic (exact) mass is 378 g/mol. The topological polar surface area (TPSA) is 73.1 Å². The average Bonchev–Trinajstić information content (AvgIpc) is 2.97. The lowest BCUT2D eigenvalue weighted by Gasteiger charge is -2.21. The van der Waals surface area contributed by atoms with Crippen molar-refractivity contribution in [1.29, 1.82) is 0 Å². The van der Waals surface area contributed by atoms with Crippen molar-refractivity contribution in [2.75, 3.05) is 12.4 Å². The van der Waals surface area contributed by atoms with Crippen LogP contribution in [0.5, 0.6) is 5.75 Å². The summed E-state index contributed by atoms with van der Waals surface area (Å²) in [6.07, 6.45) is -0.592. The molecule has 2 rings (SSSR count). The Labute approximate surface area is 160 Å². The molecule has 2 aromatic rings. The Morgan fingerprint density at radius 3 is 2.62 bits per heavy atom. The number of aromatic nitrogens is 4. The van der Waals surface area contributed by atoms with Crippen molar-refractivity contribution in [3.63, 3.8) is 0 Å². The molecule has 0 aliphatic carbocycles. The SMILES string of the molecule is Cc1cc(C(C)(C)C)ccc1OC[C@@H](O)CSc1nnnn1CC(C)C. The number of ether oxygens (including phenoxy) is 1. The molecule has 1 atom stereocenters. The second-order valence-electron chi connectivity index (χ2n) is 8.04. The quantitative estimate of drug-likeness (QED) is 0.709. The minimum Gasteiger partial charge on any atom is -0.491 e. The van der Waals surface area contributed by atoms with Gasteiger partial charge in [-0.1, -0.05) is 58.5 Å². The summed E-state index contributed by atoms with van der Waals surface area (Å²) in [6, 6.07) is 6.22. The number of benzene rings is 1. The van der Waals surface area contributed by atoms with Gasteiger partial charge >= 0.3 is 0 Å². The molecule has 0 fully saturated rings. The lowest BCUT2D eigenvalue weighted by atomic mass is 9.86. The number of rotatable bonds is 8. The number of nitrogens with zero attached hydrogens (tertiary/aromatic N) is 4. The summed E-state index contributed by atoms with van der Waals surface area (Å²) < 4.78 is 7.59. The van der Waals surface area contributed by atoms with Crippen LogP contribution in [-0.2, 0) is 12.0 Å². The highest BCUT2D eigenvalue weighted by atomic mass is 32.2. The van der Waals surface area contributed by atoms with Crippen LogP contribution in [-0.4, -0.2) is 43.8 Å². The first-order valence-corrected chi connectivity index (χ1v) is 9.96. The van der Waals surface area contributed by atoms with E-state index in [1.165, 1.54) is 17.3 Å². The summed E-state index contributed by atoms with van der Waals surface area (Å²) >= 11 is 1.45. The highest BCUT2D eigenvalue weighted by Crippen LogP contribution is 2.27. The molecule has 144 valence electrons. The van der Waals surface area contributed by atoms with E-state index in [2.05, 4.69) is 62.3 Å². The fourth-order valence-corrected chi connectivity index (χ4v) is 3.23. The molecule has 0 saturated heterocycles. The summed E-state index contributed by atoms with van der Waals surface area (Å²) in [5, 5.41) is 22.7. The zero-order valence-electron chi connectivity index (χ0n) is 16.6. The van der Waals surface area contributed by atoms with Gasteiger partial charge in [-0.2, -0.15) is 0 Å². The van der Waals surface area contributed by atoms with Crippen molar-refractivity contribution < 1.29 is 9.84 Å². The third-order valence-corrected chi connectivity index (χ3v) is 5.02. The molecule has 0 saturated carbocycles. The lowest BCUT2D eigenvalue weighted by molar-refractivity contribution is 0.126. The molecule has 1 aromatic carbocycles. The van der Waals surface area contributed by atoms with Crippen LogP contribution < -0.4 is 4.74 Å². The van der Waals surface area contributed by atoms with E-state index in [0.29, 0.717) is 11.7 Å². The Morgan fingerprint density at radius 1 is 1.27 bits per heavy atom. The predicted octanol–water partition coefficient (Wildman–Crippen LogP) is 3.47. The number of aliphatic hydroxyl groups is 1. The maximum atomic E-state index is 10.2. The second-order valence-corrected chi connectivity index (χ2v) is 9.03. The van der Waals surface area contributed by atoms with E-state index in [0.717, 1.165) is 23.0 Å². The standard InChI is InChI=1S/C19H30N4O2S/c1-13(2)10-23-18(20-21-22-23)26-12-16(24)11-25-17-8-7-15(9-14(17)3)19(4,5)6/h7-9,13,16,24H,10-12H2,1-6H3/t16-/m1/s1. The Hall–Kier alpha value is -1.60. The third kappa shape index (κ3) is 5.99. The molecular formula is C19H30N4O2S. The van der Waals surface area contributed by atoms with Gasteiger partial charge in [0.05, 0.1) is 6.10 Å². The summed E-state index contributed by atoms with van der Waals surface area (Å²) in [4.78, 5) is 0. The smallest absolute Gasteiger partial charge is 0.209 e. The van der Waals surface area contributed by atoms with Gasteiger partial charge in [-0.05, 0) is 45.9 Å². The van der Waals surface area contributed by atoms with Crippen LogP contribution in [0.3, 0.4) is 0 Å². The third-order valence-electron chi connectivity index (χ3n) is 3.91. The fraction of sp³-hybridized carbons (Fsp3) is 0.632. The molecule has 1 aromatic heterocycles. The van der Waals surface area contributed by atoms with Crippen LogP contribution in [0.25, 0.3) is 0 Å². The maximum Gasteiger partial charge on any atom is 0.209 e. The van der Waals surface area contributed by atoms with Crippen molar-refractivity contribution >= 4 is 11.8 Å². The Bertz CT molecular complexity index is 710. The van der Waals surface area contributed by atoms with Crippen molar-refractivity contribution in [1.82, 2.24) is 20.2 Å². The molecule has 0 aliphatic heterocycles. The first-order chi connectivity index (χ1) is 12.2. The van der Waals surface area contributed by atoms with Gasteiger partial charge < -0.3 is 9.84 Å². The van der Waals surface area contributed by atoms with Gasteiger partial charge in [0.15, 0.2) is 0 Å². The summed E-state index contributed by atoms with van der Waals surface area (Å²) in [5.74, 6) is 1.76. The van der Waals surface area contributed by atoms with E-state index in [1.54, 1.807) is 4.68 Å². The zero-order valence-corrected chi connectivity index (χ0v) is 17.4. The number of hydrogen-bond donors (Lipinski definition) is 1. The second kappa shape index (κ2) is 8.86. The van der Waals surface area contributed by atoms with Gasteiger partial charge in [-0.3, -0.25) is 0 Å². The van der Waals surface area contributed by atoms with E-state index in [-0.39, 0.29) is 12.0 Å². The van der Waals surface area contributed by atoms with E-state index in [1.807, 2.05) is 13.0 Å². The van der Waals surface area contributed by atoms with Crippen LogP contribution in [0.1, 0.15) is 45.7 Å². The minimum absolute atomic E-state index is 0.111. The molecule has 0 unspecified atom stereocenters. The summed E-state index contributed by atoms with van der Waals surface area (Å²) in [7, 11) is 0. The van der Waals surface area contributed by atoms with Gasteiger partial charge in [-0.25, -0.2) is 4.68 Å². The number of aryl methyl sites for hydroxylation is 1. The van der Waals surface area contributed by atoms with Crippen LogP contribution in [0, 0.1) is 12.8 Å². The fourth-order valence-electron chi connectivity index (χ4n) is 2.44. The lowest BCUT2D eigenvalue weighted by Crippen LogP contribution is -2.21. The average molecular weight is 379 g/mol. The van der Waals surface area contributed by atoms with E-state index >= 15 is 0 Å². The van der Waals surface area contributed by atoms with E-state index in [9.17, 15) is 5.11 Å². The molecule has 1 heterocycles. The van der Waals surface area contributed by atoms with E-state index in [4.69, 9.17) is 4.74 Å². The molecule has 6 nitrogen and oxygen atoms in total. The Balaban J connectivity index is 1.86. The molecular weight excluding hydrogens is 348 g/mol. The van der Waals surface area contributed by atoms with Gasteiger partial charge in [0.2, 0.25) is 5.16 Å². The van der Waals surface area contributed by atoms with Crippen molar-refractivity contribution in [2.24, 2.45) is 5.92 Å². The number of thioether (sulfide) groups is 1. The molecule has 0 amide bonds. The Morgan fingerprint density at radius 2 is 2.00 bits per heavy atom. The van der Waals surface area contributed by atoms with E-state index < -0.39 is 6.10 Å². The first kappa shape index (κ1) is 20.7. The van der Waals surface area contributed by atoms with Crippen molar-refractivity contribution in [3.8, 4) is 5.75 Å². The summed E-state index contributed by atoms with van der Waals surface area (Å²) in [6.45, 7) is 13.8. The maximum absolute atomic E-state index is 10.2. The van der Waals surface area contributed by atoms with Crippen LogP contribution >= 0.6 is 11.8 Å². The van der Waals surface area contributed by atoms with Crippen molar-refractivity contribution in [3.05, 3.63) is 29.3 Å². The molecule has 0 radical (unpaired) electrons. The van der Waals surface area contributed by atoms with Crippen LogP contribution in [0.4, 0.5) is 0 Å². The summed E-state index contributed by atoms with van der Waals surface area (Å²) in [5.41, 5.74) is 2.47. The number of tetrazole rings is 1. The molecule has 0 spiro atoms. The molecule has 0 bridgehead atoms. The van der Waals surface area contributed by atoms with Gasteiger partial charge in [-0.15, -0.1) is 5.10 Å². The number of hydrogen-bond acceptors (Lipinski definition) is 6. The molecule has 7 heteroatoms. The normalized spacial score (nSPS) is 13.2. The molecule has 1 N–H and O–H groups in total. The van der Waals surface area contributed by atoms with Crippen LogP contribution in [0.15, 0.2) is 23.4 Å². The zero-order chi connectivity index (χ0) is 19.3. The van der Waals surface area contributed by atoms with Crippen LogP contribution in [0.2, 0.25) is 0 Å².